The third-order valence-electron chi connectivity index (χ3n) is 4.16. The van der Waals surface area contributed by atoms with Crippen LogP contribution in [-0.2, 0) is 4.79 Å². The van der Waals surface area contributed by atoms with E-state index >= 15 is 0 Å². The summed E-state index contributed by atoms with van der Waals surface area (Å²) >= 11 is 4.69. The Morgan fingerprint density at radius 2 is 1.80 bits per heavy atom. The van der Waals surface area contributed by atoms with Crippen LogP contribution in [0.25, 0.3) is 0 Å². The summed E-state index contributed by atoms with van der Waals surface area (Å²) in [7, 11) is 0. The summed E-state index contributed by atoms with van der Waals surface area (Å²) in [6, 6.07) is 13.3. The summed E-state index contributed by atoms with van der Waals surface area (Å²) in [5, 5.41) is 12.0. The van der Waals surface area contributed by atoms with Gasteiger partial charge in [0.2, 0.25) is 5.91 Å². The number of anilines is 1. The minimum Gasteiger partial charge on any atom is -0.483 e. The van der Waals surface area contributed by atoms with Gasteiger partial charge in [-0.15, -0.1) is 10.2 Å². The minimum atomic E-state index is -0.392. The molecule has 2 aromatic carbocycles. The summed E-state index contributed by atoms with van der Waals surface area (Å²) in [5.41, 5.74) is 0.733. The number of hydrogen-bond acceptors (Lipinski definition) is 5. The normalized spacial score (nSPS) is 12.1. The zero-order chi connectivity index (χ0) is 21.7. The number of rotatable bonds is 8. The molecule has 1 N–H and O–H groups in total. The molecule has 0 aliphatic rings. The molecular formula is C21H22BrFN4O2S. The molecule has 3 rings (SSSR count). The Morgan fingerprint density at radius 3 is 2.43 bits per heavy atom. The van der Waals surface area contributed by atoms with Gasteiger partial charge >= 0.3 is 0 Å². The molecule has 1 unspecified atom stereocenters. The van der Waals surface area contributed by atoms with E-state index in [4.69, 9.17) is 4.74 Å². The molecule has 0 aliphatic carbocycles. The maximum absolute atomic E-state index is 13.1. The average Bonchev–Trinajstić information content (AvgIpc) is 3.14. The van der Waals surface area contributed by atoms with Crippen LogP contribution in [0.2, 0.25) is 0 Å². The number of nitrogens with one attached hydrogen (secondary N) is 1. The van der Waals surface area contributed by atoms with E-state index in [1.807, 2.05) is 49.6 Å². The van der Waals surface area contributed by atoms with Gasteiger partial charge in [0.15, 0.2) is 17.1 Å². The molecule has 0 bridgehead atoms. The average molecular weight is 493 g/mol. The molecule has 30 heavy (non-hydrogen) atoms. The van der Waals surface area contributed by atoms with Crippen molar-refractivity contribution in [2.24, 2.45) is 0 Å². The predicted molar refractivity (Wildman–Crippen MR) is 119 cm³/mol. The van der Waals surface area contributed by atoms with E-state index < -0.39 is 6.10 Å². The van der Waals surface area contributed by atoms with Crippen molar-refractivity contribution in [3.05, 3.63) is 64.6 Å². The molecule has 9 heteroatoms. The maximum Gasteiger partial charge on any atom is 0.234 e. The summed E-state index contributed by atoms with van der Waals surface area (Å²) in [5.74, 6) is 0.947. The second-order valence-electron chi connectivity index (χ2n) is 6.86. The highest BCUT2D eigenvalue weighted by Gasteiger charge is 2.22. The molecule has 0 aliphatic heterocycles. The quantitative estimate of drug-likeness (QED) is 0.412. The van der Waals surface area contributed by atoms with Crippen molar-refractivity contribution >= 4 is 39.3 Å². The van der Waals surface area contributed by atoms with Crippen LogP contribution in [-0.4, -0.2) is 26.4 Å². The van der Waals surface area contributed by atoms with Gasteiger partial charge in [-0.2, -0.15) is 0 Å². The van der Waals surface area contributed by atoms with Crippen LogP contribution in [0.15, 0.2) is 58.2 Å². The van der Waals surface area contributed by atoms with Crippen molar-refractivity contribution in [2.45, 2.75) is 38.1 Å². The fourth-order valence-electron chi connectivity index (χ4n) is 2.78. The van der Waals surface area contributed by atoms with Crippen molar-refractivity contribution in [3.63, 3.8) is 0 Å². The van der Waals surface area contributed by atoms with Crippen molar-refractivity contribution < 1.29 is 13.9 Å². The van der Waals surface area contributed by atoms with Crippen LogP contribution in [0.3, 0.4) is 0 Å². The summed E-state index contributed by atoms with van der Waals surface area (Å²) in [6.07, 6.45) is -0.392. The Hall–Kier alpha value is -2.39. The first-order valence-corrected chi connectivity index (χ1v) is 11.2. The molecule has 3 aromatic rings. The topological polar surface area (TPSA) is 69.0 Å². The van der Waals surface area contributed by atoms with Gasteiger partial charge in [-0.05, 0) is 69.3 Å². The monoisotopic (exact) mass is 492 g/mol. The Balaban J connectivity index is 1.66. The van der Waals surface area contributed by atoms with Gasteiger partial charge in [0.1, 0.15) is 11.6 Å². The summed E-state index contributed by atoms with van der Waals surface area (Å²) in [4.78, 5) is 12.3. The minimum absolute atomic E-state index is 0.0753. The highest BCUT2D eigenvalue weighted by molar-refractivity contribution is 9.10. The maximum atomic E-state index is 13.1. The molecule has 158 valence electrons. The first-order chi connectivity index (χ1) is 14.3. The number of carbonyl (C=O) groups is 1. The van der Waals surface area contributed by atoms with E-state index in [-0.39, 0.29) is 23.5 Å². The lowest BCUT2D eigenvalue weighted by Gasteiger charge is -2.18. The fourth-order valence-corrected chi connectivity index (χ4v) is 3.92. The summed E-state index contributed by atoms with van der Waals surface area (Å²) < 4.78 is 21.9. The van der Waals surface area contributed by atoms with Gasteiger partial charge in [-0.3, -0.25) is 4.79 Å². The number of nitrogens with zero attached hydrogens (tertiary/aromatic N) is 3. The lowest BCUT2D eigenvalue weighted by molar-refractivity contribution is -0.113. The molecule has 0 spiro atoms. The SMILES string of the molecule is CC(Oc1ccc(F)cc1)c1nnc(SCC(=O)Nc2ccc(Br)cc2)n1C(C)C. The van der Waals surface area contributed by atoms with E-state index in [1.165, 1.54) is 23.9 Å². The van der Waals surface area contributed by atoms with Crippen LogP contribution in [0.1, 0.15) is 38.7 Å². The van der Waals surface area contributed by atoms with Gasteiger partial charge in [0.05, 0.1) is 5.75 Å². The standard InChI is InChI=1S/C21H22BrFN4O2S/c1-13(2)27-20(14(3)29-18-10-6-16(23)7-11-18)25-26-21(27)30-12-19(28)24-17-8-4-15(22)5-9-17/h4-11,13-14H,12H2,1-3H3,(H,24,28). The predicted octanol–water partition coefficient (Wildman–Crippen LogP) is 5.63. The third kappa shape index (κ3) is 5.82. The smallest absolute Gasteiger partial charge is 0.234 e. The van der Waals surface area contributed by atoms with Crippen LogP contribution >= 0.6 is 27.7 Å². The molecule has 0 saturated carbocycles. The van der Waals surface area contributed by atoms with Gasteiger partial charge in [0, 0.05) is 16.2 Å². The van der Waals surface area contributed by atoms with Crippen LogP contribution < -0.4 is 10.1 Å². The first kappa shape index (κ1) is 22.3. The number of benzene rings is 2. The Morgan fingerprint density at radius 1 is 1.13 bits per heavy atom. The van der Waals surface area contributed by atoms with E-state index in [0.717, 1.165) is 10.2 Å². The highest BCUT2D eigenvalue weighted by Crippen LogP contribution is 2.28. The number of amides is 1. The number of halogens is 2. The zero-order valence-electron chi connectivity index (χ0n) is 16.8. The largest absolute Gasteiger partial charge is 0.483 e. The lowest BCUT2D eigenvalue weighted by atomic mass is 10.3. The Labute approximate surface area is 187 Å². The first-order valence-electron chi connectivity index (χ1n) is 9.38. The molecule has 6 nitrogen and oxygen atoms in total. The third-order valence-corrected chi connectivity index (χ3v) is 5.63. The molecule has 1 aromatic heterocycles. The van der Waals surface area contributed by atoms with Gasteiger partial charge in [0.25, 0.3) is 0 Å². The molecule has 1 heterocycles. The van der Waals surface area contributed by atoms with E-state index in [9.17, 15) is 9.18 Å². The molecular weight excluding hydrogens is 471 g/mol. The highest BCUT2D eigenvalue weighted by atomic mass is 79.9. The van der Waals surface area contributed by atoms with Crippen LogP contribution in [0.4, 0.5) is 10.1 Å². The molecule has 0 saturated heterocycles. The Bertz CT molecular complexity index is 993. The lowest BCUT2D eigenvalue weighted by Crippen LogP contribution is -2.16. The van der Waals surface area contributed by atoms with E-state index in [2.05, 4.69) is 31.4 Å². The number of carbonyl (C=O) groups excluding carboxylic acids is 1. The Kier molecular flexibility index (Phi) is 7.49. The second-order valence-corrected chi connectivity index (χ2v) is 8.72. The molecule has 0 radical (unpaired) electrons. The van der Waals surface area contributed by atoms with E-state index in [1.54, 1.807) is 12.1 Å². The van der Waals surface area contributed by atoms with Gasteiger partial charge in [-0.25, -0.2) is 4.39 Å². The number of hydrogen-bond donors (Lipinski definition) is 1. The molecule has 0 fully saturated rings. The van der Waals surface area contributed by atoms with E-state index in [0.29, 0.717) is 16.7 Å². The number of thioether (sulfide) groups is 1. The van der Waals surface area contributed by atoms with Crippen LogP contribution in [0, 0.1) is 5.82 Å². The summed E-state index contributed by atoms with van der Waals surface area (Å²) in [6.45, 7) is 5.90. The second kappa shape index (κ2) is 10.1. The van der Waals surface area contributed by atoms with Crippen molar-refractivity contribution in [1.29, 1.82) is 0 Å². The van der Waals surface area contributed by atoms with Crippen molar-refractivity contribution in [2.75, 3.05) is 11.1 Å². The van der Waals surface area contributed by atoms with Crippen molar-refractivity contribution in [3.8, 4) is 5.75 Å². The van der Waals surface area contributed by atoms with Gasteiger partial charge in [-0.1, -0.05) is 27.7 Å². The van der Waals surface area contributed by atoms with Gasteiger partial charge < -0.3 is 14.6 Å². The fraction of sp³-hybridized carbons (Fsp3) is 0.286. The number of ether oxygens (including phenoxy) is 1. The molecule has 1 atom stereocenters. The van der Waals surface area contributed by atoms with Crippen LogP contribution in [0.5, 0.6) is 5.75 Å². The van der Waals surface area contributed by atoms with Crippen molar-refractivity contribution in [1.82, 2.24) is 14.8 Å². The number of aromatic nitrogens is 3. The zero-order valence-corrected chi connectivity index (χ0v) is 19.2. The molecule has 1 amide bonds.